The number of morpholine rings is 2. The maximum absolute atomic E-state index is 13.1. The van der Waals surface area contributed by atoms with Crippen molar-refractivity contribution in [2.75, 3.05) is 72.2 Å². The fraction of sp³-hybridized carbons (Fsp3) is 0.450. The second-order valence-corrected chi connectivity index (χ2v) is 15.3. The van der Waals surface area contributed by atoms with Gasteiger partial charge in [-0.2, -0.15) is 0 Å². The van der Waals surface area contributed by atoms with Crippen molar-refractivity contribution in [3.8, 4) is 0 Å². The number of anilines is 4. The van der Waals surface area contributed by atoms with Gasteiger partial charge in [-0.15, -0.1) is 0 Å². The molecule has 0 radical (unpaired) electrons. The fourth-order valence-corrected chi connectivity index (χ4v) is 8.27. The molecule has 0 aliphatic carbocycles. The van der Waals surface area contributed by atoms with E-state index in [1.54, 1.807) is 23.9 Å². The Morgan fingerprint density at radius 1 is 0.661 bits per heavy atom. The standard InChI is InChI=1S/2C20H23ClN4O3/c2*1-13-10-14-15(21)4-3-5-16(14)25(13)20(27)11-17-22-18(12-19(26)23(17)2)24-6-8-28-9-7-24/h2*3-5,12-13H,6-11H2,1-2H3/t2*13-/m10/s1. The topological polar surface area (TPSA) is 135 Å². The zero-order chi connectivity index (χ0) is 39.7. The summed E-state index contributed by atoms with van der Waals surface area (Å²) in [5.74, 6) is 1.95. The molecule has 2 aromatic carbocycles. The Morgan fingerprint density at radius 3 is 1.41 bits per heavy atom. The number of benzene rings is 2. The molecule has 0 N–H and O–H groups in total. The average molecular weight is 806 g/mol. The van der Waals surface area contributed by atoms with Crippen molar-refractivity contribution < 1.29 is 19.1 Å². The number of halogens is 2. The van der Waals surface area contributed by atoms with Crippen LogP contribution in [0.4, 0.5) is 23.0 Å². The van der Waals surface area contributed by atoms with Crippen LogP contribution < -0.4 is 30.7 Å². The van der Waals surface area contributed by atoms with Crippen LogP contribution in [0.25, 0.3) is 0 Å². The maximum atomic E-state index is 13.1. The van der Waals surface area contributed by atoms with Crippen molar-refractivity contribution in [3.63, 3.8) is 0 Å². The van der Waals surface area contributed by atoms with Crippen LogP contribution in [0.2, 0.25) is 10.0 Å². The van der Waals surface area contributed by atoms with Gasteiger partial charge in [0.15, 0.2) is 0 Å². The highest BCUT2D eigenvalue weighted by Crippen LogP contribution is 2.38. The SMILES string of the molecule is C[C@@H]1Cc2c(Cl)cccc2N1C(=O)Cc1nc(N2CCOCC2)cc(=O)n1C.C[C@H]1Cc2c(Cl)cccc2N1C(=O)Cc1nc(N2CCOCC2)cc(=O)n1C. The summed E-state index contributed by atoms with van der Waals surface area (Å²) in [7, 11) is 3.30. The van der Waals surface area contributed by atoms with Gasteiger partial charge in [-0.05, 0) is 62.1 Å². The van der Waals surface area contributed by atoms with Crippen molar-refractivity contribution in [2.24, 2.45) is 14.1 Å². The number of rotatable bonds is 6. The van der Waals surface area contributed by atoms with Gasteiger partial charge in [-0.1, -0.05) is 35.3 Å². The van der Waals surface area contributed by atoms with Crippen LogP contribution in [0.15, 0.2) is 58.1 Å². The van der Waals surface area contributed by atoms with Gasteiger partial charge in [-0.25, -0.2) is 9.97 Å². The number of ether oxygens (including phenoxy) is 2. The summed E-state index contributed by atoms with van der Waals surface area (Å²) in [6, 6.07) is 14.3. The van der Waals surface area contributed by atoms with Gasteiger partial charge in [0.1, 0.15) is 23.3 Å². The first-order valence-corrected chi connectivity index (χ1v) is 19.6. The molecule has 8 rings (SSSR count). The van der Waals surface area contributed by atoms with E-state index >= 15 is 0 Å². The van der Waals surface area contributed by atoms with E-state index in [0.717, 1.165) is 35.3 Å². The van der Waals surface area contributed by atoms with Gasteiger partial charge in [0.05, 0.1) is 39.3 Å². The molecular weight excluding hydrogens is 759 g/mol. The zero-order valence-corrected chi connectivity index (χ0v) is 33.6. The molecule has 4 aliphatic heterocycles. The summed E-state index contributed by atoms with van der Waals surface area (Å²) in [5.41, 5.74) is 3.34. The molecule has 14 nitrogen and oxygen atoms in total. The van der Waals surface area contributed by atoms with Crippen LogP contribution in [-0.2, 0) is 58.8 Å². The molecule has 0 saturated carbocycles. The van der Waals surface area contributed by atoms with E-state index in [4.69, 9.17) is 32.7 Å². The molecule has 2 fully saturated rings. The van der Waals surface area contributed by atoms with Gasteiger partial charge in [0, 0.05) is 85.9 Å². The predicted molar refractivity (Wildman–Crippen MR) is 217 cm³/mol. The van der Waals surface area contributed by atoms with Crippen LogP contribution >= 0.6 is 23.2 Å². The Bertz CT molecular complexity index is 2090. The Morgan fingerprint density at radius 2 is 1.04 bits per heavy atom. The monoisotopic (exact) mass is 804 g/mol. The summed E-state index contributed by atoms with van der Waals surface area (Å²) in [4.78, 5) is 68.0. The number of hydrogen-bond acceptors (Lipinski definition) is 10. The number of aromatic nitrogens is 4. The second-order valence-electron chi connectivity index (χ2n) is 14.5. The van der Waals surface area contributed by atoms with Crippen LogP contribution in [0.1, 0.15) is 36.6 Å². The van der Waals surface area contributed by atoms with E-state index in [0.29, 0.717) is 85.9 Å². The number of hydrogen-bond donors (Lipinski definition) is 0. The van der Waals surface area contributed by atoms with Crippen molar-refractivity contribution in [1.29, 1.82) is 0 Å². The minimum Gasteiger partial charge on any atom is -0.378 e. The quantitative estimate of drug-likeness (QED) is 0.285. The lowest BCUT2D eigenvalue weighted by Crippen LogP contribution is -2.40. The van der Waals surface area contributed by atoms with Crippen molar-refractivity contribution in [3.05, 3.63) is 102 Å². The first-order chi connectivity index (χ1) is 26.9. The van der Waals surface area contributed by atoms with Crippen LogP contribution in [0.3, 0.4) is 0 Å². The van der Waals surface area contributed by atoms with Gasteiger partial charge in [0.2, 0.25) is 11.8 Å². The first kappa shape index (κ1) is 39.5. The molecule has 6 heterocycles. The Kier molecular flexibility index (Phi) is 11.8. The van der Waals surface area contributed by atoms with E-state index in [-0.39, 0.29) is 47.9 Å². The lowest BCUT2D eigenvalue weighted by atomic mass is 10.1. The van der Waals surface area contributed by atoms with Gasteiger partial charge >= 0.3 is 0 Å². The van der Waals surface area contributed by atoms with Crippen molar-refractivity contribution in [2.45, 2.75) is 51.6 Å². The van der Waals surface area contributed by atoms with Gasteiger partial charge < -0.3 is 29.1 Å². The summed E-state index contributed by atoms with van der Waals surface area (Å²) >= 11 is 12.6. The van der Waals surface area contributed by atoms with Gasteiger partial charge in [-0.3, -0.25) is 28.3 Å². The molecule has 0 bridgehead atoms. The van der Waals surface area contributed by atoms with Crippen molar-refractivity contribution in [1.82, 2.24) is 19.1 Å². The van der Waals surface area contributed by atoms with Crippen molar-refractivity contribution >= 4 is 58.0 Å². The molecule has 56 heavy (non-hydrogen) atoms. The normalized spacial score (nSPS) is 19.0. The molecule has 4 aliphatic rings. The third kappa shape index (κ3) is 8.06. The molecule has 4 aromatic rings. The van der Waals surface area contributed by atoms with E-state index in [1.165, 1.54) is 21.3 Å². The van der Waals surface area contributed by atoms with Crippen LogP contribution in [0.5, 0.6) is 0 Å². The molecule has 0 spiro atoms. The molecule has 16 heteroatoms. The molecular formula is C40H46Cl2N8O6. The van der Waals surface area contributed by atoms with E-state index < -0.39 is 0 Å². The molecule has 296 valence electrons. The highest BCUT2D eigenvalue weighted by atomic mass is 35.5. The zero-order valence-electron chi connectivity index (χ0n) is 32.0. The summed E-state index contributed by atoms with van der Waals surface area (Å²) < 4.78 is 13.6. The summed E-state index contributed by atoms with van der Waals surface area (Å²) in [6.45, 7) is 9.16. The number of fused-ring (bicyclic) bond motifs is 2. The van der Waals surface area contributed by atoms with Gasteiger partial charge in [0.25, 0.3) is 11.1 Å². The Hall–Kier alpha value is -4.76. The third-order valence-electron chi connectivity index (χ3n) is 10.8. The number of carbonyl (C=O) groups excluding carboxylic acids is 2. The molecule has 2 amide bonds. The van der Waals surface area contributed by atoms with E-state index in [9.17, 15) is 19.2 Å². The number of amides is 2. The average Bonchev–Trinajstić information content (AvgIpc) is 3.73. The number of nitrogens with zero attached hydrogens (tertiary/aromatic N) is 8. The minimum atomic E-state index is -0.169. The Balaban J connectivity index is 0.000000172. The third-order valence-corrected chi connectivity index (χ3v) is 11.6. The lowest BCUT2D eigenvalue weighted by Gasteiger charge is -2.28. The smallest absolute Gasteiger partial charge is 0.255 e. The number of carbonyl (C=O) groups is 2. The molecule has 2 saturated heterocycles. The van der Waals surface area contributed by atoms with E-state index in [1.807, 2.05) is 60.0 Å². The maximum Gasteiger partial charge on any atom is 0.255 e. The molecule has 2 atom stereocenters. The fourth-order valence-electron chi connectivity index (χ4n) is 7.77. The summed E-state index contributed by atoms with van der Waals surface area (Å²) in [5, 5.41) is 1.36. The highest BCUT2D eigenvalue weighted by Gasteiger charge is 2.34. The van der Waals surface area contributed by atoms with E-state index in [2.05, 4.69) is 9.97 Å². The highest BCUT2D eigenvalue weighted by molar-refractivity contribution is 6.32. The first-order valence-electron chi connectivity index (χ1n) is 18.9. The predicted octanol–water partition coefficient (Wildman–Crippen LogP) is 3.58. The summed E-state index contributed by atoms with van der Waals surface area (Å²) in [6.07, 6.45) is 1.56. The largest absolute Gasteiger partial charge is 0.378 e. The Labute approximate surface area is 335 Å². The second kappa shape index (κ2) is 16.8. The minimum absolute atomic E-state index is 0.0156. The van der Waals surface area contributed by atoms with Crippen LogP contribution in [0, 0.1) is 0 Å². The van der Waals surface area contributed by atoms with Crippen LogP contribution in [-0.4, -0.2) is 95.6 Å². The lowest BCUT2D eigenvalue weighted by molar-refractivity contribution is -0.119. The molecule has 0 unspecified atom stereocenters. The molecule has 2 aromatic heterocycles.